The molecule has 178 valence electrons. The molecular weight excluding hydrogens is 428 g/mol. The van der Waals surface area contributed by atoms with E-state index in [9.17, 15) is 10.1 Å². The van der Waals surface area contributed by atoms with Gasteiger partial charge in [0.2, 0.25) is 18.4 Å². The zero-order chi connectivity index (χ0) is 23.2. The van der Waals surface area contributed by atoms with Gasteiger partial charge in [-0.2, -0.15) is 0 Å². The lowest BCUT2D eigenvalue weighted by atomic mass is 10.1. The summed E-state index contributed by atoms with van der Waals surface area (Å²) in [5, 5.41) is 12.1. The van der Waals surface area contributed by atoms with Gasteiger partial charge in [0.25, 0.3) is 0 Å². The van der Waals surface area contributed by atoms with E-state index in [0.29, 0.717) is 44.4 Å². The Kier molecular flexibility index (Phi) is 7.40. The molecule has 0 radical (unpaired) electrons. The maximum Gasteiger partial charge on any atom is 0.353 e. The average Bonchev–Trinajstić information content (AvgIpc) is 3.30. The van der Waals surface area contributed by atoms with Crippen molar-refractivity contribution >= 4 is 17.3 Å². The number of benzene rings is 1. The summed E-state index contributed by atoms with van der Waals surface area (Å²) < 4.78 is 16.0. The minimum absolute atomic E-state index is 0.0359. The number of hydrogen-bond donors (Lipinski definition) is 0. The maximum absolute atomic E-state index is 12.1. The van der Waals surface area contributed by atoms with Gasteiger partial charge in [-0.25, -0.2) is 9.97 Å². The lowest BCUT2D eigenvalue weighted by Gasteiger charge is -2.35. The molecule has 0 N–H and O–H groups in total. The van der Waals surface area contributed by atoms with E-state index in [4.69, 9.17) is 14.2 Å². The summed E-state index contributed by atoms with van der Waals surface area (Å²) in [5.41, 5.74) is 1.11. The quantitative estimate of drug-likeness (QED) is 0.389. The minimum Gasteiger partial charge on any atom is -0.454 e. The van der Waals surface area contributed by atoms with E-state index in [2.05, 4.69) is 14.9 Å². The lowest BCUT2D eigenvalue weighted by Crippen LogP contribution is -2.46. The number of piperazine rings is 1. The third-order valence-corrected chi connectivity index (χ3v) is 5.84. The van der Waals surface area contributed by atoms with Gasteiger partial charge in [-0.1, -0.05) is 13.0 Å². The van der Waals surface area contributed by atoms with Gasteiger partial charge in [-0.3, -0.25) is 15.0 Å². The van der Waals surface area contributed by atoms with E-state index in [1.165, 1.54) is 6.33 Å². The van der Waals surface area contributed by atoms with E-state index >= 15 is 0 Å². The van der Waals surface area contributed by atoms with Crippen LogP contribution in [-0.4, -0.2) is 79.6 Å². The Hall–Kier alpha value is -3.18. The largest absolute Gasteiger partial charge is 0.454 e. The summed E-state index contributed by atoms with van der Waals surface area (Å²) in [6, 6.07) is 5.99. The molecule has 2 aliphatic rings. The zero-order valence-electron chi connectivity index (χ0n) is 19.1. The van der Waals surface area contributed by atoms with Crippen molar-refractivity contribution in [1.82, 2.24) is 14.9 Å². The fourth-order valence-corrected chi connectivity index (χ4v) is 4.20. The van der Waals surface area contributed by atoms with Crippen molar-refractivity contribution in [3.63, 3.8) is 0 Å². The van der Waals surface area contributed by atoms with Gasteiger partial charge < -0.3 is 24.0 Å². The second-order valence-electron chi connectivity index (χ2n) is 8.06. The first-order chi connectivity index (χ1) is 16.1. The van der Waals surface area contributed by atoms with Crippen LogP contribution in [0.15, 0.2) is 24.5 Å². The first-order valence-corrected chi connectivity index (χ1v) is 11.2. The van der Waals surface area contributed by atoms with Gasteiger partial charge in [0.1, 0.15) is 6.33 Å². The van der Waals surface area contributed by atoms with Gasteiger partial charge in [-0.05, 0) is 24.1 Å². The van der Waals surface area contributed by atoms with Gasteiger partial charge in [0.15, 0.2) is 11.5 Å². The van der Waals surface area contributed by atoms with Crippen molar-refractivity contribution in [2.24, 2.45) is 0 Å². The summed E-state index contributed by atoms with van der Waals surface area (Å²) in [7, 11) is 1.62. The van der Waals surface area contributed by atoms with Crippen molar-refractivity contribution in [2.75, 3.05) is 69.6 Å². The molecule has 1 fully saturated rings. The maximum atomic E-state index is 12.1. The predicted molar refractivity (Wildman–Crippen MR) is 123 cm³/mol. The van der Waals surface area contributed by atoms with E-state index in [1.54, 1.807) is 7.11 Å². The summed E-state index contributed by atoms with van der Waals surface area (Å²) in [6.45, 7) is 7.57. The molecule has 1 aromatic heterocycles. The smallest absolute Gasteiger partial charge is 0.353 e. The van der Waals surface area contributed by atoms with Crippen LogP contribution in [0.5, 0.6) is 11.5 Å². The van der Waals surface area contributed by atoms with E-state index in [1.807, 2.05) is 34.9 Å². The van der Waals surface area contributed by atoms with Crippen LogP contribution in [0.1, 0.15) is 18.9 Å². The highest BCUT2D eigenvalue weighted by atomic mass is 16.7. The SMILES string of the molecule is CCCN(CCOC)c1ncnc(N2CCN(Cc3ccc4c(c3)OCO4)CC2)c1[N+](=O)[O-]. The average molecular weight is 459 g/mol. The van der Waals surface area contributed by atoms with E-state index in [-0.39, 0.29) is 17.4 Å². The highest BCUT2D eigenvalue weighted by Gasteiger charge is 2.31. The number of hydrogen-bond acceptors (Lipinski definition) is 10. The first kappa shape index (κ1) is 23.0. The van der Waals surface area contributed by atoms with Crippen LogP contribution in [-0.2, 0) is 11.3 Å². The molecule has 0 saturated carbocycles. The lowest BCUT2D eigenvalue weighted by molar-refractivity contribution is -0.383. The molecule has 4 rings (SSSR count). The molecule has 1 aromatic carbocycles. The molecule has 2 aliphatic heterocycles. The first-order valence-electron chi connectivity index (χ1n) is 11.2. The van der Waals surface area contributed by atoms with Crippen LogP contribution in [0.2, 0.25) is 0 Å². The van der Waals surface area contributed by atoms with E-state index in [0.717, 1.165) is 43.1 Å². The third kappa shape index (κ3) is 5.25. The molecule has 11 heteroatoms. The van der Waals surface area contributed by atoms with Crippen molar-refractivity contribution in [3.05, 3.63) is 40.2 Å². The Bertz CT molecular complexity index is 966. The van der Waals surface area contributed by atoms with Gasteiger partial charge in [0, 0.05) is 52.9 Å². The molecule has 2 aromatic rings. The number of methoxy groups -OCH3 is 1. The molecule has 0 aliphatic carbocycles. The van der Waals surface area contributed by atoms with Gasteiger partial charge in [0.05, 0.1) is 11.5 Å². The normalized spacial score (nSPS) is 15.6. The van der Waals surface area contributed by atoms with E-state index < -0.39 is 0 Å². The molecule has 11 nitrogen and oxygen atoms in total. The van der Waals surface area contributed by atoms with Gasteiger partial charge >= 0.3 is 5.69 Å². The predicted octanol–water partition coefficient (Wildman–Crippen LogP) is 2.30. The summed E-state index contributed by atoms with van der Waals surface area (Å²) in [4.78, 5) is 26.5. The molecule has 0 unspecified atom stereocenters. The number of nitro groups is 1. The highest BCUT2D eigenvalue weighted by molar-refractivity contribution is 5.71. The van der Waals surface area contributed by atoms with Crippen LogP contribution < -0.4 is 19.3 Å². The topological polar surface area (TPSA) is 106 Å². The molecular formula is C22H30N6O5. The number of nitrogens with zero attached hydrogens (tertiary/aromatic N) is 6. The Morgan fingerprint density at radius 2 is 1.94 bits per heavy atom. The third-order valence-electron chi connectivity index (χ3n) is 5.84. The van der Waals surface area contributed by atoms with Crippen LogP contribution >= 0.6 is 0 Å². The zero-order valence-corrected chi connectivity index (χ0v) is 19.1. The standard InChI is InChI=1S/C22H30N6O5/c1-3-6-26(11-12-31-2)21-20(28(29)30)22(24-15-23-21)27-9-7-25(8-10-27)14-17-4-5-18-19(13-17)33-16-32-18/h4-5,13,15H,3,6-12,14,16H2,1-2H3. The Morgan fingerprint density at radius 3 is 2.67 bits per heavy atom. The van der Waals surface area contributed by atoms with Crippen molar-refractivity contribution in [1.29, 1.82) is 0 Å². The second kappa shape index (κ2) is 10.6. The Labute approximate surface area is 193 Å². The summed E-state index contributed by atoms with van der Waals surface area (Å²) >= 11 is 0. The number of ether oxygens (including phenoxy) is 3. The van der Waals surface area contributed by atoms with Crippen molar-refractivity contribution in [3.8, 4) is 11.5 Å². The summed E-state index contributed by atoms with van der Waals surface area (Å²) in [6.07, 6.45) is 2.27. The number of aromatic nitrogens is 2. The van der Waals surface area contributed by atoms with Crippen molar-refractivity contribution < 1.29 is 19.1 Å². The molecule has 0 atom stereocenters. The Balaban J connectivity index is 1.46. The molecule has 0 amide bonds. The molecule has 1 saturated heterocycles. The monoisotopic (exact) mass is 458 g/mol. The highest BCUT2D eigenvalue weighted by Crippen LogP contribution is 2.35. The van der Waals surface area contributed by atoms with Crippen molar-refractivity contribution in [2.45, 2.75) is 19.9 Å². The molecule has 3 heterocycles. The summed E-state index contributed by atoms with van der Waals surface area (Å²) in [5.74, 6) is 2.29. The molecule has 0 bridgehead atoms. The minimum atomic E-state index is -0.362. The van der Waals surface area contributed by atoms with Crippen LogP contribution in [0.4, 0.5) is 17.3 Å². The second-order valence-corrected chi connectivity index (χ2v) is 8.06. The number of rotatable bonds is 10. The fraction of sp³-hybridized carbons (Fsp3) is 0.545. The van der Waals surface area contributed by atoms with Gasteiger partial charge in [-0.15, -0.1) is 0 Å². The van der Waals surface area contributed by atoms with Crippen LogP contribution in [0, 0.1) is 10.1 Å². The van der Waals surface area contributed by atoms with Crippen LogP contribution in [0.3, 0.4) is 0 Å². The molecule has 33 heavy (non-hydrogen) atoms. The van der Waals surface area contributed by atoms with Crippen LogP contribution in [0.25, 0.3) is 0 Å². The number of fused-ring (bicyclic) bond motifs is 1. The molecule has 0 spiro atoms. The number of anilines is 2. The Morgan fingerprint density at radius 1 is 1.15 bits per heavy atom. The fourth-order valence-electron chi connectivity index (χ4n) is 4.20.